The minimum absolute atomic E-state index is 0.0273. The second-order valence-corrected chi connectivity index (χ2v) is 7.23. The van der Waals surface area contributed by atoms with Gasteiger partial charge in [-0.15, -0.1) is 0 Å². The predicted octanol–water partition coefficient (Wildman–Crippen LogP) is 3.27. The van der Waals surface area contributed by atoms with Crippen LogP contribution in [0.4, 0.5) is 4.39 Å². The molecule has 124 valence electrons. The van der Waals surface area contributed by atoms with Gasteiger partial charge in [0.1, 0.15) is 17.7 Å². The molecule has 0 amide bonds. The van der Waals surface area contributed by atoms with Gasteiger partial charge in [0.25, 0.3) is 0 Å². The third kappa shape index (κ3) is 2.10. The molecule has 1 aliphatic carbocycles. The standard InChI is InChI=1S/C20H21FN2O/c21-13-6-7-18-16(10-13)15-5-1-3-12-9-17(20(24-18)19(12)15)23-8-2-4-14(22)11-23/h1,3,5-7,10,14,17,20H,2,4,8-9,11,22H2/t14?,17-,20+/m1/s1. The summed E-state index contributed by atoms with van der Waals surface area (Å²) in [5.41, 5.74) is 10.8. The largest absolute Gasteiger partial charge is 0.483 e. The highest BCUT2D eigenvalue weighted by atomic mass is 19.1. The molecule has 2 aliphatic heterocycles. The number of rotatable bonds is 1. The van der Waals surface area contributed by atoms with E-state index in [9.17, 15) is 4.39 Å². The lowest BCUT2D eigenvalue weighted by Crippen LogP contribution is -2.50. The van der Waals surface area contributed by atoms with E-state index in [0.29, 0.717) is 6.04 Å². The van der Waals surface area contributed by atoms with Gasteiger partial charge in [0.2, 0.25) is 0 Å². The van der Waals surface area contributed by atoms with Gasteiger partial charge >= 0.3 is 0 Å². The number of benzene rings is 2. The van der Waals surface area contributed by atoms with Crippen LogP contribution >= 0.6 is 0 Å². The van der Waals surface area contributed by atoms with Gasteiger partial charge in [-0.3, -0.25) is 4.90 Å². The lowest BCUT2D eigenvalue weighted by Gasteiger charge is -2.39. The molecule has 0 radical (unpaired) electrons. The van der Waals surface area contributed by atoms with Gasteiger partial charge in [0.15, 0.2) is 0 Å². The van der Waals surface area contributed by atoms with Crippen molar-refractivity contribution in [3.63, 3.8) is 0 Å². The molecule has 2 heterocycles. The number of fused-ring (bicyclic) bond motifs is 2. The lowest BCUT2D eigenvalue weighted by atomic mass is 9.92. The Bertz CT molecular complexity index is 806. The Morgan fingerprint density at radius 2 is 2.08 bits per heavy atom. The summed E-state index contributed by atoms with van der Waals surface area (Å²) in [6.07, 6.45) is 3.26. The number of hydrogen-bond donors (Lipinski definition) is 1. The predicted molar refractivity (Wildman–Crippen MR) is 91.5 cm³/mol. The van der Waals surface area contributed by atoms with E-state index in [1.54, 1.807) is 12.1 Å². The number of piperidine rings is 1. The molecule has 4 heteroatoms. The van der Waals surface area contributed by atoms with E-state index >= 15 is 0 Å². The van der Waals surface area contributed by atoms with Crippen LogP contribution in [0.25, 0.3) is 11.1 Å². The SMILES string of the molecule is NC1CCCN([C@@H]2Cc3cccc4c3[C@H]2Oc2ccc(F)cc2-4)C1. The average molecular weight is 324 g/mol. The molecule has 1 unspecified atom stereocenters. The summed E-state index contributed by atoms with van der Waals surface area (Å²) < 4.78 is 20.1. The Morgan fingerprint density at radius 3 is 2.96 bits per heavy atom. The Labute approximate surface area is 141 Å². The first-order valence-corrected chi connectivity index (χ1v) is 8.79. The maximum atomic E-state index is 13.7. The number of nitrogens with zero attached hydrogens (tertiary/aromatic N) is 1. The van der Waals surface area contributed by atoms with Crippen LogP contribution in [-0.4, -0.2) is 30.1 Å². The number of likely N-dealkylation sites (tertiary alicyclic amines) is 1. The van der Waals surface area contributed by atoms with Crippen molar-refractivity contribution in [2.75, 3.05) is 13.1 Å². The zero-order valence-electron chi connectivity index (χ0n) is 13.5. The van der Waals surface area contributed by atoms with Crippen molar-refractivity contribution < 1.29 is 9.13 Å². The van der Waals surface area contributed by atoms with Gasteiger partial charge in [-0.1, -0.05) is 18.2 Å². The summed E-state index contributed by atoms with van der Waals surface area (Å²) >= 11 is 0. The Kier molecular flexibility index (Phi) is 3.19. The fourth-order valence-electron chi connectivity index (χ4n) is 4.64. The molecule has 1 saturated heterocycles. The number of halogens is 1. The van der Waals surface area contributed by atoms with Gasteiger partial charge in [0, 0.05) is 23.7 Å². The smallest absolute Gasteiger partial charge is 0.140 e. The van der Waals surface area contributed by atoms with Crippen LogP contribution in [0.15, 0.2) is 36.4 Å². The molecule has 3 atom stereocenters. The van der Waals surface area contributed by atoms with Crippen LogP contribution in [0, 0.1) is 5.82 Å². The van der Waals surface area contributed by atoms with Gasteiger partial charge in [-0.05, 0) is 55.1 Å². The van der Waals surface area contributed by atoms with E-state index in [2.05, 4.69) is 23.1 Å². The van der Waals surface area contributed by atoms with Crippen molar-refractivity contribution in [3.8, 4) is 16.9 Å². The monoisotopic (exact) mass is 324 g/mol. The Balaban J connectivity index is 1.59. The Hall–Kier alpha value is -1.91. The molecule has 24 heavy (non-hydrogen) atoms. The molecule has 0 bridgehead atoms. The first kappa shape index (κ1) is 14.4. The number of ether oxygens (including phenoxy) is 1. The molecule has 0 spiro atoms. The normalized spacial score (nSPS) is 28.2. The molecule has 5 rings (SSSR count). The van der Waals surface area contributed by atoms with Crippen molar-refractivity contribution >= 4 is 0 Å². The fourth-order valence-corrected chi connectivity index (χ4v) is 4.64. The van der Waals surface area contributed by atoms with Crippen LogP contribution < -0.4 is 10.5 Å². The average Bonchev–Trinajstić information content (AvgIpc) is 2.96. The van der Waals surface area contributed by atoms with Crippen LogP contribution in [0.1, 0.15) is 30.1 Å². The maximum absolute atomic E-state index is 13.7. The van der Waals surface area contributed by atoms with Gasteiger partial charge in [0.05, 0.1) is 6.04 Å². The molecular weight excluding hydrogens is 303 g/mol. The van der Waals surface area contributed by atoms with E-state index in [1.807, 2.05) is 0 Å². The third-order valence-electron chi connectivity index (χ3n) is 5.70. The highest BCUT2D eigenvalue weighted by Gasteiger charge is 2.43. The van der Waals surface area contributed by atoms with E-state index in [0.717, 1.165) is 49.2 Å². The van der Waals surface area contributed by atoms with Gasteiger partial charge in [-0.2, -0.15) is 0 Å². The van der Waals surface area contributed by atoms with Gasteiger partial charge in [-0.25, -0.2) is 4.39 Å². The first-order chi connectivity index (χ1) is 11.7. The molecule has 2 N–H and O–H groups in total. The summed E-state index contributed by atoms with van der Waals surface area (Å²) in [6.45, 7) is 2.02. The van der Waals surface area contributed by atoms with E-state index < -0.39 is 0 Å². The van der Waals surface area contributed by atoms with Gasteiger partial charge < -0.3 is 10.5 Å². The molecule has 2 aromatic carbocycles. The maximum Gasteiger partial charge on any atom is 0.140 e. The summed E-state index contributed by atoms with van der Waals surface area (Å²) in [4.78, 5) is 2.50. The summed E-state index contributed by atoms with van der Waals surface area (Å²) in [6, 6.07) is 11.8. The molecule has 2 aromatic rings. The fraction of sp³-hybridized carbons (Fsp3) is 0.400. The quantitative estimate of drug-likeness (QED) is 0.875. The summed E-state index contributed by atoms with van der Waals surface area (Å²) in [5.74, 6) is 0.573. The zero-order valence-corrected chi connectivity index (χ0v) is 13.5. The number of nitrogens with two attached hydrogens (primary N) is 1. The van der Waals surface area contributed by atoms with Crippen molar-refractivity contribution in [3.05, 3.63) is 53.3 Å². The molecule has 1 fully saturated rings. The van der Waals surface area contributed by atoms with E-state index in [1.165, 1.54) is 17.2 Å². The highest BCUT2D eigenvalue weighted by molar-refractivity contribution is 5.78. The van der Waals surface area contributed by atoms with Crippen molar-refractivity contribution in [1.29, 1.82) is 0 Å². The van der Waals surface area contributed by atoms with Crippen LogP contribution in [-0.2, 0) is 6.42 Å². The van der Waals surface area contributed by atoms with Crippen molar-refractivity contribution in [2.45, 2.75) is 37.5 Å². The van der Waals surface area contributed by atoms with Crippen LogP contribution in [0.3, 0.4) is 0 Å². The number of hydrogen-bond acceptors (Lipinski definition) is 3. The van der Waals surface area contributed by atoms with Crippen LogP contribution in [0.5, 0.6) is 5.75 Å². The van der Waals surface area contributed by atoms with Crippen molar-refractivity contribution in [1.82, 2.24) is 4.90 Å². The highest BCUT2D eigenvalue weighted by Crippen LogP contribution is 2.50. The second-order valence-electron chi connectivity index (χ2n) is 7.23. The minimum Gasteiger partial charge on any atom is -0.483 e. The van der Waals surface area contributed by atoms with E-state index in [4.69, 9.17) is 10.5 Å². The molecule has 0 saturated carbocycles. The second kappa shape index (κ2) is 5.30. The Morgan fingerprint density at radius 1 is 1.17 bits per heavy atom. The summed E-state index contributed by atoms with van der Waals surface area (Å²) in [5, 5.41) is 0. The zero-order chi connectivity index (χ0) is 16.3. The van der Waals surface area contributed by atoms with Crippen LogP contribution in [0.2, 0.25) is 0 Å². The van der Waals surface area contributed by atoms with Crippen molar-refractivity contribution in [2.24, 2.45) is 5.73 Å². The topological polar surface area (TPSA) is 38.5 Å². The molecule has 0 aromatic heterocycles. The third-order valence-corrected chi connectivity index (χ3v) is 5.70. The molecular formula is C20H21FN2O. The van der Waals surface area contributed by atoms with E-state index in [-0.39, 0.29) is 18.0 Å². The first-order valence-electron chi connectivity index (χ1n) is 8.79. The minimum atomic E-state index is -0.218. The lowest BCUT2D eigenvalue weighted by molar-refractivity contribution is 0.0581. The molecule has 3 aliphatic rings. The molecule has 3 nitrogen and oxygen atoms in total. The summed E-state index contributed by atoms with van der Waals surface area (Å²) in [7, 11) is 0.